The van der Waals surface area contributed by atoms with Crippen LogP contribution in [0.2, 0.25) is 10.0 Å². The summed E-state index contributed by atoms with van der Waals surface area (Å²) in [6.45, 7) is 2.51. The molecule has 2 rings (SSSR count). The second-order valence-corrected chi connectivity index (χ2v) is 4.89. The van der Waals surface area contributed by atoms with Gasteiger partial charge in [-0.3, -0.25) is 0 Å². The summed E-state index contributed by atoms with van der Waals surface area (Å²) in [6, 6.07) is 11.4. The predicted molar refractivity (Wildman–Crippen MR) is 76.4 cm³/mol. The predicted octanol–water partition coefficient (Wildman–Crippen LogP) is 4.46. The maximum Gasteiger partial charge on any atom is 0.122 e. The van der Waals surface area contributed by atoms with Crippen molar-refractivity contribution in [3.05, 3.63) is 57.6 Å². The summed E-state index contributed by atoms with van der Waals surface area (Å²) in [5.74, 6) is 0.612. The number of hydrogen-bond acceptors (Lipinski definition) is 2. The summed E-state index contributed by atoms with van der Waals surface area (Å²) in [6.07, 6.45) is 0. The molecule has 94 valence electrons. The van der Waals surface area contributed by atoms with Crippen molar-refractivity contribution in [1.29, 1.82) is 0 Å². The van der Waals surface area contributed by atoms with Crippen LogP contribution in [0.25, 0.3) is 0 Å². The summed E-state index contributed by atoms with van der Waals surface area (Å²) in [4.78, 5) is 0. The van der Waals surface area contributed by atoms with Crippen LogP contribution >= 0.6 is 23.2 Å². The smallest absolute Gasteiger partial charge is 0.122 e. The molecule has 0 atom stereocenters. The van der Waals surface area contributed by atoms with Gasteiger partial charge in [-0.1, -0.05) is 53.0 Å². The van der Waals surface area contributed by atoms with Crippen LogP contribution in [0.15, 0.2) is 36.4 Å². The molecule has 0 fully saturated rings. The maximum atomic E-state index is 5.94. The highest BCUT2D eigenvalue weighted by Gasteiger charge is 2.05. The molecule has 0 radical (unpaired) electrons. The van der Waals surface area contributed by atoms with Crippen LogP contribution < -0.4 is 10.5 Å². The highest BCUT2D eigenvalue weighted by atomic mass is 35.5. The van der Waals surface area contributed by atoms with Gasteiger partial charge in [-0.05, 0) is 12.5 Å². The molecule has 0 aromatic heterocycles. The molecule has 4 heteroatoms. The fourth-order valence-electron chi connectivity index (χ4n) is 1.61. The van der Waals surface area contributed by atoms with Crippen LogP contribution in [-0.4, -0.2) is 0 Å². The lowest BCUT2D eigenvalue weighted by Crippen LogP contribution is -1.97. The van der Waals surface area contributed by atoms with Gasteiger partial charge in [0.05, 0.1) is 15.7 Å². The zero-order chi connectivity index (χ0) is 13.1. The van der Waals surface area contributed by atoms with Gasteiger partial charge in [-0.2, -0.15) is 0 Å². The Hall–Kier alpha value is -1.38. The Kier molecular flexibility index (Phi) is 4.00. The number of anilines is 1. The van der Waals surface area contributed by atoms with Gasteiger partial charge in [0.1, 0.15) is 12.4 Å². The van der Waals surface area contributed by atoms with E-state index in [2.05, 4.69) is 6.07 Å². The van der Waals surface area contributed by atoms with Gasteiger partial charge in [0.2, 0.25) is 0 Å². The van der Waals surface area contributed by atoms with Crippen LogP contribution in [0.5, 0.6) is 5.75 Å². The van der Waals surface area contributed by atoms with Gasteiger partial charge in [-0.15, -0.1) is 0 Å². The highest BCUT2D eigenvalue weighted by Crippen LogP contribution is 2.32. The van der Waals surface area contributed by atoms with Gasteiger partial charge >= 0.3 is 0 Å². The molecule has 2 nitrogen and oxygen atoms in total. The molecule has 0 saturated carbocycles. The molecule has 0 saturated heterocycles. The minimum atomic E-state index is 0.376. The SMILES string of the molecule is Cc1cccc(COc2cc(Cl)c(N)c(Cl)c2)c1. The first-order chi connectivity index (χ1) is 8.56. The largest absolute Gasteiger partial charge is 0.489 e. The number of nitrogen functional groups attached to an aromatic ring is 1. The minimum Gasteiger partial charge on any atom is -0.489 e. The monoisotopic (exact) mass is 281 g/mol. The van der Waals surface area contributed by atoms with E-state index in [1.54, 1.807) is 12.1 Å². The second-order valence-electron chi connectivity index (χ2n) is 4.08. The van der Waals surface area contributed by atoms with Gasteiger partial charge in [0.15, 0.2) is 0 Å². The van der Waals surface area contributed by atoms with Gasteiger partial charge in [0.25, 0.3) is 0 Å². The van der Waals surface area contributed by atoms with E-state index in [1.807, 2.05) is 25.1 Å². The summed E-state index contributed by atoms with van der Waals surface area (Å²) in [5.41, 5.74) is 8.33. The summed E-state index contributed by atoms with van der Waals surface area (Å²) < 4.78 is 5.64. The summed E-state index contributed by atoms with van der Waals surface area (Å²) in [7, 11) is 0. The number of halogens is 2. The lowest BCUT2D eigenvalue weighted by Gasteiger charge is -2.09. The van der Waals surface area contributed by atoms with E-state index in [4.69, 9.17) is 33.7 Å². The normalized spacial score (nSPS) is 10.4. The molecule has 0 bridgehead atoms. The third-order valence-corrected chi connectivity index (χ3v) is 3.17. The van der Waals surface area contributed by atoms with Crippen LogP contribution in [0.4, 0.5) is 5.69 Å². The lowest BCUT2D eigenvalue weighted by atomic mass is 10.1. The summed E-state index contributed by atoms with van der Waals surface area (Å²) >= 11 is 11.9. The first-order valence-electron chi connectivity index (χ1n) is 5.49. The fourth-order valence-corrected chi connectivity index (χ4v) is 2.08. The molecule has 2 aromatic rings. The Labute approximate surface area is 116 Å². The standard InChI is InChI=1S/C14H13Cl2NO/c1-9-3-2-4-10(5-9)8-18-11-6-12(15)14(17)13(16)7-11/h2-7H,8,17H2,1H3. The average Bonchev–Trinajstić information content (AvgIpc) is 2.33. The van der Waals surface area contributed by atoms with Crippen molar-refractivity contribution in [2.45, 2.75) is 13.5 Å². The first kappa shape index (κ1) is 13.1. The van der Waals surface area contributed by atoms with Crippen LogP contribution in [0, 0.1) is 6.92 Å². The number of nitrogens with two attached hydrogens (primary N) is 1. The van der Waals surface area contributed by atoms with Crippen molar-refractivity contribution in [3.63, 3.8) is 0 Å². The Bertz CT molecular complexity index is 546. The molecule has 0 aliphatic rings. The molecular weight excluding hydrogens is 269 g/mol. The van der Waals surface area contributed by atoms with E-state index < -0.39 is 0 Å². The number of ether oxygens (including phenoxy) is 1. The Balaban J connectivity index is 2.11. The zero-order valence-corrected chi connectivity index (χ0v) is 11.4. The fraction of sp³-hybridized carbons (Fsp3) is 0.143. The molecular formula is C14H13Cl2NO. The Morgan fingerprint density at radius 1 is 1.11 bits per heavy atom. The highest BCUT2D eigenvalue weighted by molar-refractivity contribution is 6.39. The summed E-state index contributed by atoms with van der Waals surface area (Å²) in [5, 5.41) is 0.809. The molecule has 0 aliphatic heterocycles. The van der Waals surface area contributed by atoms with E-state index in [-0.39, 0.29) is 0 Å². The van der Waals surface area contributed by atoms with E-state index >= 15 is 0 Å². The minimum absolute atomic E-state index is 0.376. The molecule has 0 unspecified atom stereocenters. The van der Waals surface area contributed by atoms with Crippen molar-refractivity contribution in [2.24, 2.45) is 0 Å². The Morgan fingerprint density at radius 2 is 1.78 bits per heavy atom. The van der Waals surface area contributed by atoms with E-state index in [0.717, 1.165) is 5.56 Å². The van der Waals surface area contributed by atoms with Crippen molar-refractivity contribution in [2.75, 3.05) is 5.73 Å². The zero-order valence-electron chi connectivity index (χ0n) is 9.91. The van der Waals surface area contributed by atoms with E-state index in [9.17, 15) is 0 Å². The van der Waals surface area contributed by atoms with Crippen molar-refractivity contribution >= 4 is 28.9 Å². The number of aryl methyl sites for hydroxylation is 1. The molecule has 0 spiro atoms. The molecule has 0 aliphatic carbocycles. The van der Waals surface area contributed by atoms with Crippen molar-refractivity contribution in [3.8, 4) is 5.75 Å². The van der Waals surface area contributed by atoms with Crippen LogP contribution in [0.3, 0.4) is 0 Å². The number of hydrogen-bond donors (Lipinski definition) is 1. The third kappa shape index (κ3) is 3.09. The van der Waals surface area contributed by atoms with Crippen molar-refractivity contribution < 1.29 is 4.74 Å². The lowest BCUT2D eigenvalue weighted by molar-refractivity contribution is 0.306. The second kappa shape index (κ2) is 5.51. The number of benzene rings is 2. The molecule has 0 heterocycles. The molecule has 2 aromatic carbocycles. The van der Waals surface area contributed by atoms with Gasteiger partial charge < -0.3 is 10.5 Å². The van der Waals surface area contributed by atoms with E-state index in [0.29, 0.717) is 28.1 Å². The molecule has 0 amide bonds. The van der Waals surface area contributed by atoms with Crippen LogP contribution in [-0.2, 0) is 6.61 Å². The quantitative estimate of drug-likeness (QED) is 0.843. The van der Waals surface area contributed by atoms with E-state index in [1.165, 1.54) is 5.56 Å². The third-order valence-electron chi connectivity index (χ3n) is 2.54. The molecule has 18 heavy (non-hydrogen) atoms. The number of rotatable bonds is 3. The Morgan fingerprint density at radius 3 is 2.39 bits per heavy atom. The maximum absolute atomic E-state index is 5.94. The van der Waals surface area contributed by atoms with Crippen LogP contribution in [0.1, 0.15) is 11.1 Å². The van der Waals surface area contributed by atoms with Gasteiger partial charge in [-0.25, -0.2) is 0 Å². The van der Waals surface area contributed by atoms with Gasteiger partial charge in [0, 0.05) is 12.1 Å². The first-order valence-corrected chi connectivity index (χ1v) is 6.24. The van der Waals surface area contributed by atoms with Crippen molar-refractivity contribution in [1.82, 2.24) is 0 Å². The molecule has 2 N–H and O–H groups in total. The topological polar surface area (TPSA) is 35.2 Å². The average molecular weight is 282 g/mol.